The van der Waals surface area contributed by atoms with Crippen molar-refractivity contribution in [3.63, 3.8) is 0 Å². The molecule has 2 aromatic heterocycles. The van der Waals surface area contributed by atoms with E-state index in [1.165, 1.54) is 5.69 Å². The fourth-order valence-electron chi connectivity index (χ4n) is 4.80. The molecule has 2 aromatic carbocycles. The second-order valence-electron chi connectivity index (χ2n) is 9.54. The van der Waals surface area contributed by atoms with Gasteiger partial charge in [0.05, 0.1) is 29.2 Å². The average Bonchev–Trinajstić information content (AvgIpc) is 3.18. The number of rotatable bonds is 7. The van der Waals surface area contributed by atoms with Crippen LogP contribution in [0.2, 0.25) is 0 Å². The van der Waals surface area contributed by atoms with Gasteiger partial charge in [-0.3, -0.25) is 4.68 Å². The summed E-state index contributed by atoms with van der Waals surface area (Å²) < 4.78 is 21.3. The molecule has 2 N–H and O–H groups in total. The molecule has 4 aromatic rings. The predicted molar refractivity (Wildman–Crippen MR) is 159 cm³/mol. The lowest BCUT2D eigenvalue weighted by Gasteiger charge is -2.25. The van der Waals surface area contributed by atoms with Crippen molar-refractivity contribution in [3.8, 4) is 16.9 Å². The highest BCUT2D eigenvalue weighted by Crippen LogP contribution is 2.43. The molecule has 198 valence electrons. The van der Waals surface area contributed by atoms with Gasteiger partial charge in [-0.25, -0.2) is 4.98 Å². The zero-order chi connectivity index (χ0) is 27.0. The molecular formula is C27H31BrN7O2P. The smallest absolute Gasteiger partial charge is 0.229 e. The number of hydrogen-bond acceptors (Lipinski definition) is 8. The molecule has 1 aliphatic rings. The standard InChI is InChI=1S/C27H31BrN7O2P/c1-6-35-12-11-22-18(15-30-34(22)2)17-13-21(24(37-3)14-23(17)35)32-27-29-16-19(28)26(33-27)31-20-9-7-8-10-25(20)38(4,5)36/h7-10,13-16H,6,11-12H2,1-5H3,(H2,29,31,32,33). The maximum Gasteiger partial charge on any atom is 0.229 e. The van der Waals surface area contributed by atoms with E-state index in [1.807, 2.05) is 42.2 Å². The Hall–Kier alpha value is -3.36. The fraction of sp³-hybridized carbons (Fsp3) is 0.296. The summed E-state index contributed by atoms with van der Waals surface area (Å²) in [5.41, 5.74) is 6.01. The SMILES string of the molecule is CCN1CCc2c(cnn2C)-c2cc(Nc3ncc(Br)c(Nc4ccccc4P(C)(C)=O)n3)c(OC)cc21. The van der Waals surface area contributed by atoms with Gasteiger partial charge < -0.3 is 24.8 Å². The van der Waals surface area contributed by atoms with Crippen LogP contribution in [-0.4, -0.2) is 53.3 Å². The van der Waals surface area contributed by atoms with Crippen LogP contribution < -0.4 is 25.6 Å². The van der Waals surface area contributed by atoms with Crippen LogP contribution in [0.5, 0.6) is 5.75 Å². The summed E-state index contributed by atoms with van der Waals surface area (Å²) in [6.07, 6.45) is 4.53. The minimum Gasteiger partial charge on any atom is -0.494 e. The molecule has 0 spiro atoms. The van der Waals surface area contributed by atoms with Crippen molar-refractivity contribution in [2.75, 3.05) is 49.1 Å². The summed E-state index contributed by atoms with van der Waals surface area (Å²) in [6, 6.07) is 11.7. The third kappa shape index (κ3) is 5.02. The maximum atomic E-state index is 12.8. The van der Waals surface area contributed by atoms with E-state index in [4.69, 9.17) is 9.72 Å². The number of aromatic nitrogens is 4. The molecule has 0 unspecified atom stereocenters. The lowest BCUT2D eigenvalue weighted by Crippen LogP contribution is -2.25. The molecular weight excluding hydrogens is 565 g/mol. The zero-order valence-corrected chi connectivity index (χ0v) is 24.6. The van der Waals surface area contributed by atoms with Gasteiger partial charge in [-0.2, -0.15) is 10.1 Å². The number of para-hydroxylation sites is 1. The number of anilines is 5. The molecule has 0 saturated carbocycles. The van der Waals surface area contributed by atoms with Gasteiger partial charge in [-0.05, 0) is 54.4 Å². The fourth-order valence-corrected chi connectivity index (χ4v) is 6.24. The number of nitrogens with zero attached hydrogens (tertiary/aromatic N) is 5. The summed E-state index contributed by atoms with van der Waals surface area (Å²) >= 11 is 3.55. The van der Waals surface area contributed by atoms with E-state index in [0.717, 1.165) is 53.0 Å². The minimum absolute atomic E-state index is 0.398. The number of methoxy groups -OCH3 is 1. The molecule has 5 rings (SSSR count). The summed E-state index contributed by atoms with van der Waals surface area (Å²) in [5.74, 6) is 1.65. The van der Waals surface area contributed by atoms with Crippen molar-refractivity contribution < 1.29 is 9.30 Å². The van der Waals surface area contributed by atoms with E-state index in [-0.39, 0.29) is 0 Å². The van der Waals surface area contributed by atoms with E-state index in [0.29, 0.717) is 22.0 Å². The Labute approximate surface area is 231 Å². The van der Waals surface area contributed by atoms with Gasteiger partial charge in [0.25, 0.3) is 0 Å². The number of nitrogens with one attached hydrogen (secondary N) is 2. The highest BCUT2D eigenvalue weighted by atomic mass is 79.9. The Kier molecular flexibility index (Phi) is 7.20. The van der Waals surface area contributed by atoms with Crippen molar-refractivity contribution in [2.24, 2.45) is 7.05 Å². The topological polar surface area (TPSA) is 97.2 Å². The number of hydrogen-bond donors (Lipinski definition) is 2. The Morgan fingerprint density at radius 3 is 2.63 bits per heavy atom. The molecule has 0 saturated heterocycles. The predicted octanol–water partition coefficient (Wildman–Crippen LogP) is 5.77. The number of ether oxygens (including phenoxy) is 1. The first-order chi connectivity index (χ1) is 18.2. The van der Waals surface area contributed by atoms with Gasteiger partial charge in [0, 0.05) is 66.6 Å². The first-order valence-corrected chi connectivity index (χ1v) is 15.8. The summed E-state index contributed by atoms with van der Waals surface area (Å²) in [6.45, 7) is 7.47. The molecule has 3 heterocycles. The van der Waals surface area contributed by atoms with E-state index in [2.05, 4.69) is 60.6 Å². The Balaban J connectivity index is 1.54. The second-order valence-corrected chi connectivity index (χ2v) is 13.6. The average molecular weight is 596 g/mol. The Morgan fingerprint density at radius 2 is 1.89 bits per heavy atom. The molecule has 11 heteroatoms. The van der Waals surface area contributed by atoms with Crippen LogP contribution in [0.3, 0.4) is 0 Å². The van der Waals surface area contributed by atoms with Gasteiger partial charge in [-0.1, -0.05) is 12.1 Å². The molecule has 0 bridgehead atoms. The van der Waals surface area contributed by atoms with Gasteiger partial charge in [0.1, 0.15) is 18.7 Å². The zero-order valence-electron chi connectivity index (χ0n) is 22.1. The van der Waals surface area contributed by atoms with Gasteiger partial charge in [0.15, 0.2) is 0 Å². The van der Waals surface area contributed by atoms with Crippen molar-refractivity contribution in [3.05, 3.63) is 59.0 Å². The highest BCUT2D eigenvalue weighted by molar-refractivity contribution is 9.10. The Bertz CT molecular complexity index is 1550. The number of likely N-dealkylation sites (N-methyl/N-ethyl adjacent to an activating group) is 1. The summed E-state index contributed by atoms with van der Waals surface area (Å²) in [7, 11) is 1.15. The third-order valence-corrected chi connectivity index (χ3v) is 8.87. The summed E-state index contributed by atoms with van der Waals surface area (Å²) in [5, 5.41) is 12.0. The van der Waals surface area contributed by atoms with Crippen molar-refractivity contribution >= 4 is 57.2 Å². The van der Waals surface area contributed by atoms with Crippen LogP contribution in [0.15, 0.2) is 53.3 Å². The van der Waals surface area contributed by atoms with Crippen LogP contribution in [-0.2, 0) is 18.0 Å². The monoisotopic (exact) mass is 595 g/mol. The normalized spacial score (nSPS) is 12.9. The van der Waals surface area contributed by atoms with Crippen molar-refractivity contribution in [1.82, 2.24) is 19.7 Å². The Morgan fingerprint density at radius 1 is 1.11 bits per heavy atom. The van der Waals surface area contributed by atoms with Crippen LogP contribution in [0.4, 0.5) is 28.8 Å². The van der Waals surface area contributed by atoms with E-state index < -0.39 is 7.14 Å². The van der Waals surface area contributed by atoms with E-state index in [1.54, 1.807) is 26.6 Å². The third-order valence-electron chi connectivity index (χ3n) is 6.74. The van der Waals surface area contributed by atoms with Gasteiger partial charge in [0.2, 0.25) is 5.95 Å². The van der Waals surface area contributed by atoms with Gasteiger partial charge in [-0.15, -0.1) is 0 Å². The lowest BCUT2D eigenvalue weighted by molar-refractivity contribution is 0.417. The number of fused-ring (bicyclic) bond motifs is 3. The molecule has 9 nitrogen and oxygen atoms in total. The molecule has 38 heavy (non-hydrogen) atoms. The van der Waals surface area contributed by atoms with Crippen LogP contribution >= 0.6 is 23.1 Å². The van der Waals surface area contributed by atoms with Gasteiger partial charge >= 0.3 is 0 Å². The van der Waals surface area contributed by atoms with E-state index in [9.17, 15) is 4.57 Å². The van der Waals surface area contributed by atoms with Crippen LogP contribution in [0.1, 0.15) is 12.6 Å². The largest absolute Gasteiger partial charge is 0.494 e. The van der Waals surface area contributed by atoms with Crippen molar-refractivity contribution in [2.45, 2.75) is 13.3 Å². The van der Waals surface area contributed by atoms with Crippen molar-refractivity contribution in [1.29, 1.82) is 0 Å². The molecule has 1 aliphatic heterocycles. The number of halogens is 1. The quantitative estimate of drug-likeness (QED) is 0.260. The van der Waals surface area contributed by atoms with Crippen LogP contribution in [0.25, 0.3) is 11.1 Å². The lowest BCUT2D eigenvalue weighted by atomic mass is 10.0. The molecule has 0 radical (unpaired) electrons. The van der Waals surface area contributed by atoms with E-state index >= 15 is 0 Å². The second kappa shape index (κ2) is 10.4. The van der Waals surface area contributed by atoms with Crippen LogP contribution in [0, 0.1) is 0 Å². The number of aryl methyl sites for hydroxylation is 1. The number of benzene rings is 2. The highest BCUT2D eigenvalue weighted by Gasteiger charge is 2.24. The molecule has 0 atom stereocenters. The summed E-state index contributed by atoms with van der Waals surface area (Å²) in [4.78, 5) is 11.6. The molecule has 0 aliphatic carbocycles. The maximum absolute atomic E-state index is 12.8. The first kappa shape index (κ1) is 26.3. The first-order valence-electron chi connectivity index (χ1n) is 12.4. The minimum atomic E-state index is -2.50. The molecule has 0 fully saturated rings. The molecule has 0 amide bonds.